The van der Waals surface area contributed by atoms with Crippen molar-refractivity contribution < 1.29 is 0 Å². The first-order valence-electron chi connectivity index (χ1n) is 13.2. The fourth-order valence-corrected chi connectivity index (χ4v) is 4.47. The molecule has 35 heavy (non-hydrogen) atoms. The van der Waals surface area contributed by atoms with Crippen molar-refractivity contribution in [3.8, 4) is 0 Å². The first-order chi connectivity index (χ1) is 16.7. The summed E-state index contributed by atoms with van der Waals surface area (Å²) in [6, 6.07) is 17.5. The fourth-order valence-electron chi connectivity index (χ4n) is 4.47. The summed E-state index contributed by atoms with van der Waals surface area (Å²) in [4.78, 5) is 0. The van der Waals surface area contributed by atoms with Crippen LogP contribution in [-0.2, 0) is 0 Å². The number of likely N-dealkylation sites (N-methyl/N-ethyl adjacent to an activating group) is 1. The minimum atomic E-state index is 0.269. The lowest BCUT2D eigenvalue weighted by Gasteiger charge is -2.41. The van der Waals surface area contributed by atoms with E-state index >= 15 is 0 Å². The number of benzene rings is 2. The number of rotatable bonds is 6. The van der Waals surface area contributed by atoms with Crippen molar-refractivity contribution in [3.05, 3.63) is 102 Å². The Morgan fingerprint density at radius 3 is 2.03 bits per heavy atom. The average Bonchev–Trinajstić information content (AvgIpc) is 2.87. The third-order valence-electron chi connectivity index (χ3n) is 6.81. The molecule has 1 N–H and O–H groups in total. The first kappa shape index (κ1) is 30.4. The second-order valence-electron chi connectivity index (χ2n) is 9.57. The number of nitrogens with one attached hydrogen (secondary N) is 1. The third kappa shape index (κ3) is 8.22. The van der Waals surface area contributed by atoms with Gasteiger partial charge in [-0.15, -0.1) is 0 Å². The minimum absolute atomic E-state index is 0.269. The fraction of sp³-hybridized carbons (Fsp3) is 0.412. The maximum absolute atomic E-state index is 4.03. The van der Waals surface area contributed by atoms with Crippen LogP contribution in [0.15, 0.2) is 79.4 Å². The molecule has 0 amide bonds. The molecular weight excluding hydrogens is 422 g/mol. The van der Waals surface area contributed by atoms with Crippen LogP contribution in [0.25, 0.3) is 16.7 Å². The molecule has 0 saturated heterocycles. The van der Waals surface area contributed by atoms with Gasteiger partial charge in [-0.1, -0.05) is 125 Å². The van der Waals surface area contributed by atoms with Gasteiger partial charge in [0.1, 0.15) is 0 Å². The minimum Gasteiger partial charge on any atom is -0.310 e. The van der Waals surface area contributed by atoms with Crippen LogP contribution >= 0.6 is 0 Å². The van der Waals surface area contributed by atoms with Gasteiger partial charge in [0.2, 0.25) is 0 Å². The molecule has 0 fully saturated rings. The molecule has 2 aromatic rings. The quantitative estimate of drug-likeness (QED) is 0.413. The summed E-state index contributed by atoms with van der Waals surface area (Å²) >= 11 is 0. The molecule has 0 bridgehead atoms. The molecule has 3 rings (SSSR count). The van der Waals surface area contributed by atoms with Crippen molar-refractivity contribution in [2.24, 2.45) is 5.41 Å². The van der Waals surface area contributed by atoms with Crippen LogP contribution in [0.1, 0.15) is 90.0 Å². The Kier molecular flexibility index (Phi) is 12.8. The maximum atomic E-state index is 4.03. The zero-order chi connectivity index (χ0) is 26.6. The second-order valence-corrected chi connectivity index (χ2v) is 9.57. The summed E-state index contributed by atoms with van der Waals surface area (Å²) in [6.07, 6.45) is 8.25. The van der Waals surface area contributed by atoms with E-state index in [9.17, 15) is 0 Å². The molecular formula is C34H49N. The molecule has 2 atom stereocenters. The van der Waals surface area contributed by atoms with Crippen molar-refractivity contribution in [2.45, 2.75) is 80.7 Å². The second kappa shape index (κ2) is 14.7. The summed E-state index contributed by atoms with van der Waals surface area (Å²) < 4.78 is 0. The number of allylic oxidation sites excluding steroid dienone is 4. The molecule has 1 nitrogen and oxygen atoms in total. The number of hydrogen-bond donors (Lipinski definition) is 1. The summed E-state index contributed by atoms with van der Waals surface area (Å²) in [5.74, 6) is 0. The Hall–Kier alpha value is -2.64. The van der Waals surface area contributed by atoms with E-state index in [-0.39, 0.29) is 5.41 Å². The van der Waals surface area contributed by atoms with E-state index in [1.807, 2.05) is 20.8 Å². The molecule has 1 heteroatoms. The maximum Gasteiger partial charge on any atom is 0.0541 e. The van der Waals surface area contributed by atoms with Gasteiger partial charge in [-0.25, -0.2) is 0 Å². The number of aryl methyl sites for hydroxylation is 1. The van der Waals surface area contributed by atoms with Crippen LogP contribution in [-0.4, -0.2) is 13.1 Å². The molecule has 0 aliphatic heterocycles. The Morgan fingerprint density at radius 2 is 1.60 bits per heavy atom. The van der Waals surface area contributed by atoms with E-state index in [2.05, 4.69) is 121 Å². The predicted octanol–water partition coefficient (Wildman–Crippen LogP) is 9.90. The van der Waals surface area contributed by atoms with E-state index in [4.69, 9.17) is 0 Å². The monoisotopic (exact) mass is 471 g/mol. The summed E-state index contributed by atoms with van der Waals surface area (Å²) in [5.41, 5.74) is 10.5. The Morgan fingerprint density at radius 1 is 1.00 bits per heavy atom. The van der Waals surface area contributed by atoms with E-state index < -0.39 is 0 Å². The van der Waals surface area contributed by atoms with E-state index in [1.54, 1.807) is 5.57 Å². The van der Waals surface area contributed by atoms with Crippen molar-refractivity contribution in [1.82, 2.24) is 5.32 Å². The highest BCUT2D eigenvalue weighted by atomic mass is 14.9. The topological polar surface area (TPSA) is 12.0 Å². The zero-order valence-corrected chi connectivity index (χ0v) is 23.9. The van der Waals surface area contributed by atoms with Gasteiger partial charge in [0.05, 0.1) is 6.04 Å². The van der Waals surface area contributed by atoms with Gasteiger partial charge in [0.15, 0.2) is 0 Å². The number of hydrogen-bond acceptors (Lipinski definition) is 1. The summed E-state index contributed by atoms with van der Waals surface area (Å²) in [7, 11) is 2.08. The predicted molar refractivity (Wildman–Crippen MR) is 161 cm³/mol. The molecule has 2 aromatic carbocycles. The van der Waals surface area contributed by atoms with E-state index in [0.717, 1.165) is 24.0 Å². The van der Waals surface area contributed by atoms with Gasteiger partial charge in [-0.3, -0.25) is 0 Å². The van der Waals surface area contributed by atoms with Crippen LogP contribution in [0.2, 0.25) is 0 Å². The highest BCUT2D eigenvalue weighted by Crippen LogP contribution is 2.45. The van der Waals surface area contributed by atoms with Gasteiger partial charge >= 0.3 is 0 Å². The zero-order valence-electron chi connectivity index (χ0n) is 23.9. The van der Waals surface area contributed by atoms with Crippen LogP contribution in [0.3, 0.4) is 0 Å². The van der Waals surface area contributed by atoms with Crippen molar-refractivity contribution in [3.63, 3.8) is 0 Å². The molecule has 0 spiro atoms. The van der Waals surface area contributed by atoms with Crippen molar-refractivity contribution in [1.29, 1.82) is 0 Å². The average molecular weight is 472 g/mol. The smallest absolute Gasteiger partial charge is 0.0541 e. The molecule has 0 heterocycles. The lowest BCUT2D eigenvalue weighted by molar-refractivity contribution is 0.354. The molecule has 0 saturated carbocycles. The SMILES string of the molecule is C=C(C)c1ccc(C2=CCC(C)(CC)/C(=C\CC)C2NC)cc1.C=C(C)c1cccc(C)c1.CC. The van der Waals surface area contributed by atoms with E-state index in [1.165, 1.54) is 34.2 Å². The third-order valence-corrected chi connectivity index (χ3v) is 6.81. The largest absolute Gasteiger partial charge is 0.310 e. The lowest BCUT2D eigenvalue weighted by Crippen LogP contribution is -2.39. The molecule has 1 aliphatic rings. The highest BCUT2D eigenvalue weighted by Gasteiger charge is 2.36. The van der Waals surface area contributed by atoms with Crippen molar-refractivity contribution >= 4 is 16.7 Å². The summed E-state index contributed by atoms with van der Waals surface area (Å²) in [6.45, 7) is 25.0. The van der Waals surface area contributed by atoms with Gasteiger partial charge in [0.25, 0.3) is 0 Å². The lowest BCUT2D eigenvalue weighted by atomic mass is 9.67. The standard InChI is InChI=1S/C22H31N.C10H12.C2H6/c1-7-9-20-21(23-6)19(14-15-22(20,5)8-2)18-12-10-17(11-13-18)16(3)4;1-8(2)10-6-4-5-9(3)7-10;1-2/h9-14,21,23H,3,7-8,15H2,1-2,4-6H3;4-7H,1H2,2-3H3;1-2H3/b20-9-;;. The normalized spacial score (nSPS) is 20.1. The van der Waals surface area contributed by atoms with Crippen LogP contribution < -0.4 is 5.32 Å². The molecule has 190 valence electrons. The Balaban J connectivity index is 0.000000425. The van der Waals surface area contributed by atoms with Crippen molar-refractivity contribution in [2.75, 3.05) is 7.05 Å². The summed E-state index contributed by atoms with van der Waals surface area (Å²) in [5, 5.41) is 3.56. The Labute approximate surface area is 216 Å². The highest BCUT2D eigenvalue weighted by molar-refractivity contribution is 5.76. The molecule has 0 aromatic heterocycles. The van der Waals surface area contributed by atoms with Gasteiger partial charge in [0, 0.05) is 0 Å². The molecule has 1 aliphatic carbocycles. The van der Waals surface area contributed by atoms with Crippen LogP contribution in [0.5, 0.6) is 0 Å². The molecule has 0 radical (unpaired) electrons. The molecule has 2 unspecified atom stereocenters. The van der Waals surface area contributed by atoms with Gasteiger partial charge in [-0.05, 0) is 80.3 Å². The van der Waals surface area contributed by atoms with Gasteiger partial charge in [-0.2, -0.15) is 0 Å². The Bertz CT molecular complexity index is 1020. The van der Waals surface area contributed by atoms with Gasteiger partial charge < -0.3 is 5.32 Å². The first-order valence-corrected chi connectivity index (χ1v) is 13.2. The van der Waals surface area contributed by atoms with E-state index in [0.29, 0.717) is 6.04 Å². The van der Waals surface area contributed by atoms with Crippen LogP contribution in [0, 0.1) is 12.3 Å². The van der Waals surface area contributed by atoms with Crippen LogP contribution in [0.4, 0.5) is 0 Å².